The van der Waals surface area contributed by atoms with Gasteiger partial charge in [-0.15, -0.1) is 11.8 Å². The number of carboxylic acid groups (broad SMARTS) is 1. The average molecular weight is 380 g/mol. The van der Waals surface area contributed by atoms with Crippen molar-refractivity contribution in [2.45, 2.75) is 18.0 Å². The fourth-order valence-corrected chi connectivity index (χ4v) is 3.88. The molecule has 1 fully saturated rings. The van der Waals surface area contributed by atoms with Gasteiger partial charge in [-0.1, -0.05) is 6.07 Å². The third-order valence-electron chi connectivity index (χ3n) is 4.16. The number of aromatic carboxylic acids is 1. The molecule has 1 aromatic rings. The number of nitrogens with one attached hydrogen (secondary N) is 1. The molecule has 3 rings (SSSR count). The molecule has 0 radical (unpaired) electrons. The summed E-state index contributed by atoms with van der Waals surface area (Å²) in [5.41, 5.74) is 2.94. The molecule has 2 amide bonds. The van der Waals surface area contributed by atoms with Crippen LogP contribution in [0.4, 0.5) is 0 Å². The minimum absolute atomic E-state index is 0.0582. The van der Waals surface area contributed by atoms with Gasteiger partial charge in [0.2, 0.25) is 5.91 Å². The maximum Gasteiger partial charge on any atom is 0.536 e. The van der Waals surface area contributed by atoms with Crippen LogP contribution in [0, 0.1) is 0 Å². The highest BCUT2D eigenvalue weighted by atomic mass is 32.2. The van der Waals surface area contributed by atoms with Crippen LogP contribution in [0.1, 0.15) is 22.3 Å². The highest BCUT2D eigenvalue weighted by molar-refractivity contribution is 8.01. The van der Waals surface area contributed by atoms with Gasteiger partial charge in [-0.05, 0) is 18.1 Å². The van der Waals surface area contributed by atoms with Crippen molar-refractivity contribution >= 4 is 36.7 Å². The van der Waals surface area contributed by atoms with E-state index in [4.69, 9.17) is 9.39 Å². The lowest BCUT2D eigenvalue weighted by molar-refractivity contribution is -0.133. The molecule has 0 aromatic heterocycles. The Morgan fingerprint density at radius 2 is 2.27 bits per heavy atom. The van der Waals surface area contributed by atoms with E-state index in [1.165, 1.54) is 29.9 Å². The number of thioether (sulfide) groups is 1. The number of hydrazine groups is 1. The summed E-state index contributed by atoms with van der Waals surface area (Å²) < 4.78 is 10.5. The summed E-state index contributed by atoms with van der Waals surface area (Å²) in [6.45, 7) is 0.326. The van der Waals surface area contributed by atoms with E-state index in [-0.39, 0.29) is 41.1 Å². The van der Waals surface area contributed by atoms with Crippen LogP contribution in [0.5, 0.6) is 11.5 Å². The second-order valence-electron chi connectivity index (χ2n) is 5.83. The third-order valence-corrected chi connectivity index (χ3v) is 5.40. The predicted molar refractivity (Wildman–Crippen MR) is 93.0 cm³/mol. The fourth-order valence-electron chi connectivity index (χ4n) is 2.85. The molecule has 138 valence electrons. The molecule has 2 heterocycles. The van der Waals surface area contributed by atoms with E-state index in [1.807, 2.05) is 0 Å². The molecule has 1 atom stereocenters. The number of hydrogen-bond donors (Lipinski definition) is 3. The van der Waals surface area contributed by atoms with Gasteiger partial charge in [0, 0.05) is 6.42 Å². The first-order valence-electron chi connectivity index (χ1n) is 7.90. The summed E-state index contributed by atoms with van der Waals surface area (Å²) in [7, 11) is 0.0909. The summed E-state index contributed by atoms with van der Waals surface area (Å²) in [6, 6.07) is 3.22. The Kier molecular flexibility index (Phi) is 5.28. The average Bonchev–Trinajstić information content (AvgIpc) is 3.05. The molecule has 0 unspecified atom stereocenters. The van der Waals surface area contributed by atoms with Crippen molar-refractivity contribution in [2.75, 3.05) is 19.4 Å². The maximum atomic E-state index is 12.1. The zero-order chi connectivity index (χ0) is 18.8. The van der Waals surface area contributed by atoms with Gasteiger partial charge in [0.25, 0.3) is 5.91 Å². The largest absolute Gasteiger partial charge is 0.536 e. The Hall–Kier alpha value is -2.40. The van der Waals surface area contributed by atoms with E-state index in [2.05, 4.69) is 5.43 Å². The molecule has 1 aromatic carbocycles. The van der Waals surface area contributed by atoms with Crippen LogP contribution in [0.2, 0.25) is 0 Å². The van der Waals surface area contributed by atoms with Gasteiger partial charge in [0.05, 0.1) is 24.6 Å². The zero-order valence-corrected chi connectivity index (χ0v) is 14.7. The second kappa shape index (κ2) is 7.46. The molecule has 2 aliphatic heterocycles. The fraction of sp³-hybridized carbons (Fsp3) is 0.400. The lowest BCUT2D eigenvalue weighted by Gasteiger charge is -2.28. The molecule has 2 aliphatic rings. The van der Waals surface area contributed by atoms with Gasteiger partial charge in [-0.2, -0.15) is 0 Å². The quantitative estimate of drug-likeness (QED) is 0.596. The van der Waals surface area contributed by atoms with Crippen molar-refractivity contribution in [3.8, 4) is 11.5 Å². The highest BCUT2D eigenvalue weighted by Gasteiger charge is 2.39. The number of carbonyl (C=O) groups excluding carboxylic acids is 2. The topological polar surface area (TPSA) is 125 Å². The first-order chi connectivity index (χ1) is 12.4. The summed E-state index contributed by atoms with van der Waals surface area (Å²) in [5, 5.41) is 20.4. The van der Waals surface area contributed by atoms with Crippen molar-refractivity contribution < 1.29 is 33.9 Å². The predicted octanol–water partition coefficient (Wildman–Crippen LogP) is -0.287. The van der Waals surface area contributed by atoms with Crippen LogP contribution in [0.3, 0.4) is 0 Å². The maximum absolute atomic E-state index is 12.1. The molecular weight excluding hydrogens is 363 g/mol. The molecule has 26 heavy (non-hydrogen) atoms. The second-order valence-corrected chi connectivity index (χ2v) is 7.06. The van der Waals surface area contributed by atoms with Crippen LogP contribution in [0.25, 0.3) is 0 Å². The molecule has 9 nitrogen and oxygen atoms in total. The van der Waals surface area contributed by atoms with E-state index in [1.54, 1.807) is 6.07 Å². The van der Waals surface area contributed by atoms with E-state index in [9.17, 15) is 24.5 Å². The minimum Gasteiger partial charge on any atom is -0.534 e. The smallest absolute Gasteiger partial charge is 0.534 e. The Labute approximate surface area is 153 Å². The standard InChI is InChI=1S/C15H17BN2O7S/c1-24-9-3-2-8-6-10(16(23)25-14(8)13(9)15(21)22)26-7-12(20)18-5-4-11(19)17-18/h2-3,10,23H,4-7H2,1H3,(H,17,19)(H,21,22)/t10-/m0/s1. The lowest BCUT2D eigenvalue weighted by atomic mass is 9.77. The summed E-state index contributed by atoms with van der Waals surface area (Å²) >= 11 is 1.19. The zero-order valence-electron chi connectivity index (χ0n) is 13.9. The summed E-state index contributed by atoms with van der Waals surface area (Å²) in [5.74, 6) is -1.39. The van der Waals surface area contributed by atoms with Crippen molar-refractivity contribution in [3.63, 3.8) is 0 Å². The minimum atomic E-state index is -1.27. The Balaban J connectivity index is 1.70. The number of fused-ring (bicyclic) bond motifs is 1. The van der Waals surface area contributed by atoms with E-state index < -0.39 is 18.2 Å². The van der Waals surface area contributed by atoms with Gasteiger partial charge in [0.15, 0.2) is 0 Å². The number of carboxylic acids is 1. The Morgan fingerprint density at radius 3 is 2.88 bits per heavy atom. The number of methoxy groups -OCH3 is 1. The van der Waals surface area contributed by atoms with E-state index >= 15 is 0 Å². The molecule has 1 saturated heterocycles. The first-order valence-corrected chi connectivity index (χ1v) is 8.95. The van der Waals surface area contributed by atoms with Gasteiger partial charge in [-0.3, -0.25) is 20.0 Å². The molecule has 0 saturated carbocycles. The van der Waals surface area contributed by atoms with Crippen molar-refractivity contribution in [3.05, 3.63) is 23.3 Å². The van der Waals surface area contributed by atoms with E-state index in [0.717, 1.165) is 0 Å². The summed E-state index contributed by atoms with van der Waals surface area (Å²) in [4.78, 5) is 34.7. The van der Waals surface area contributed by atoms with Gasteiger partial charge >= 0.3 is 13.1 Å². The molecule has 3 N–H and O–H groups in total. The first kappa shape index (κ1) is 18.4. The van der Waals surface area contributed by atoms with Crippen LogP contribution in [0.15, 0.2) is 12.1 Å². The van der Waals surface area contributed by atoms with E-state index in [0.29, 0.717) is 18.5 Å². The third kappa shape index (κ3) is 3.58. The van der Waals surface area contributed by atoms with Crippen molar-refractivity contribution in [2.24, 2.45) is 0 Å². The monoisotopic (exact) mass is 380 g/mol. The highest BCUT2D eigenvalue weighted by Crippen LogP contribution is 2.38. The normalized spacial score (nSPS) is 18.8. The van der Waals surface area contributed by atoms with Crippen LogP contribution < -0.4 is 14.8 Å². The van der Waals surface area contributed by atoms with Gasteiger partial charge in [0.1, 0.15) is 17.1 Å². The van der Waals surface area contributed by atoms with Crippen LogP contribution >= 0.6 is 11.8 Å². The number of ether oxygens (including phenoxy) is 1. The molecule has 0 aliphatic carbocycles. The summed E-state index contributed by atoms with van der Waals surface area (Å²) in [6.07, 6.45) is 0.615. The molecular formula is C15H17BN2O7S. The number of carbonyl (C=O) groups is 3. The Bertz CT molecular complexity index is 760. The SMILES string of the molecule is COc1ccc2c(c1C(=O)O)OB(O)[C@@H](SCC(=O)N1CCC(=O)N1)C2. The molecule has 0 bridgehead atoms. The number of hydrogen-bond acceptors (Lipinski definition) is 7. The van der Waals surface area contributed by atoms with Gasteiger partial charge < -0.3 is 19.5 Å². The van der Waals surface area contributed by atoms with Gasteiger partial charge in [-0.25, -0.2) is 4.79 Å². The number of nitrogens with zero attached hydrogens (tertiary/aromatic N) is 1. The molecule has 11 heteroatoms. The number of benzene rings is 1. The lowest BCUT2D eigenvalue weighted by Crippen LogP contribution is -2.43. The molecule has 0 spiro atoms. The van der Waals surface area contributed by atoms with Crippen LogP contribution in [-0.4, -0.2) is 64.6 Å². The Morgan fingerprint density at radius 1 is 1.50 bits per heavy atom. The number of rotatable bonds is 5. The van der Waals surface area contributed by atoms with Crippen LogP contribution in [-0.2, 0) is 16.0 Å². The van der Waals surface area contributed by atoms with Crippen molar-refractivity contribution in [1.29, 1.82) is 0 Å². The number of amides is 2. The van der Waals surface area contributed by atoms with Crippen molar-refractivity contribution in [1.82, 2.24) is 10.4 Å².